The van der Waals surface area contributed by atoms with Crippen LogP contribution in [0, 0.1) is 17.0 Å². The van der Waals surface area contributed by atoms with Crippen LogP contribution in [0.1, 0.15) is 44.3 Å². The van der Waals surface area contributed by atoms with Crippen LogP contribution < -0.4 is 5.32 Å². The molecule has 0 atom stereocenters. The fourth-order valence-corrected chi connectivity index (χ4v) is 3.72. The molecule has 0 aliphatic carbocycles. The molecule has 10 nitrogen and oxygen atoms in total. The predicted molar refractivity (Wildman–Crippen MR) is 120 cm³/mol. The zero-order valence-corrected chi connectivity index (χ0v) is 19.3. The first kappa shape index (κ1) is 25.4. The number of rotatable bonds is 13. The Labute approximate surface area is 190 Å². The molecule has 1 N–H and O–H groups in total. The summed E-state index contributed by atoms with van der Waals surface area (Å²) < 4.78 is 10.0. The molecule has 0 spiro atoms. The van der Waals surface area contributed by atoms with E-state index in [9.17, 15) is 19.7 Å². The van der Waals surface area contributed by atoms with E-state index in [0.29, 0.717) is 49.7 Å². The van der Waals surface area contributed by atoms with Crippen molar-refractivity contribution in [3.63, 3.8) is 0 Å². The number of ether oxygens (including phenoxy) is 2. The molecule has 1 aromatic carbocycles. The number of nitrogens with zero attached hydrogens (tertiary/aromatic N) is 3. The van der Waals surface area contributed by atoms with Crippen molar-refractivity contribution in [2.45, 2.75) is 26.3 Å². The molecular weight excluding hydrogens is 436 g/mol. The molecule has 0 saturated carbocycles. The van der Waals surface area contributed by atoms with Crippen LogP contribution >= 0.6 is 11.3 Å². The predicted octanol–water partition coefficient (Wildman–Crippen LogP) is 2.80. The van der Waals surface area contributed by atoms with Crippen molar-refractivity contribution < 1.29 is 24.0 Å². The van der Waals surface area contributed by atoms with Crippen molar-refractivity contribution in [3.05, 3.63) is 55.5 Å². The van der Waals surface area contributed by atoms with E-state index in [-0.39, 0.29) is 35.3 Å². The lowest BCUT2D eigenvalue weighted by Gasteiger charge is -2.21. The van der Waals surface area contributed by atoms with Gasteiger partial charge in [0.05, 0.1) is 11.5 Å². The fraction of sp³-hybridized carbons (Fsp3) is 0.476. The zero-order valence-electron chi connectivity index (χ0n) is 18.5. The fourth-order valence-electron chi connectivity index (χ4n) is 2.93. The second-order valence-electron chi connectivity index (χ2n) is 7.06. The van der Waals surface area contributed by atoms with E-state index in [1.54, 1.807) is 43.6 Å². The van der Waals surface area contributed by atoms with Gasteiger partial charge >= 0.3 is 0 Å². The average Bonchev–Trinajstić information content (AvgIpc) is 3.24. The normalized spacial score (nSPS) is 10.7. The maximum absolute atomic E-state index is 13.1. The Morgan fingerprint density at radius 3 is 2.62 bits per heavy atom. The Balaban J connectivity index is 2.13. The molecule has 0 fully saturated rings. The van der Waals surface area contributed by atoms with E-state index in [1.807, 2.05) is 0 Å². The minimum absolute atomic E-state index is 0.102. The third-order valence-corrected chi connectivity index (χ3v) is 5.47. The lowest BCUT2D eigenvalue weighted by atomic mass is 10.1. The molecule has 11 heteroatoms. The Bertz CT molecular complexity index is 933. The zero-order chi connectivity index (χ0) is 23.5. The molecule has 2 rings (SSSR count). The van der Waals surface area contributed by atoms with Gasteiger partial charge in [-0.3, -0.25) is 19.7 Å². The number of nitro groups is 1. The minimum Gasteiger partial charge on any atom is -0.385 e. The van der Waals surface area contributed by atoms with Gasteiger partial charge < -0.3 is 19.7 Å². The standard InChI is InChI=1S/C21H28N4O6S/c1-15-6-7-16(12-18(15)25(28)29)21(27)24(9-5-11-31-3)13-19-23-17(14-32-19)20(26)22-8-4-10-30-2/h6-7,12,14H,4-5,8-11,13H2,1-3H3,(H,22,26). The maximum Gasteiger partial charge on any atom is 0.273 e. The van der Waals surface area contributed by atoms with Crippen molar-refractivity contribution in [3.8, 4) is 0 Å². The van der Waals surface area contributed by atoms with Gasteiger partial charge in [0.25, 0.3) is 17.5 Å². The summed E-state index contributed by atoms with van der Waals surface area (Å²) in [4.78, 5) is 42.0. The molecule has 0 saturated heterocycles. The number of aryl methyl sites for hydroxylation is 1. The van der Waals surface area contributed by atoms with Gasteiger partial charge in [0, 0.05) is 63.1 Å². The summed E-state index contributed by atoms with van der Waals surface area (Å²) in [5, 5.41) is 16.3. The first-order chi connectivity index (χ1) is 15.4. The number of amides is 2. The van der Waals surface area contributed by atoms with Crippen LogP contribution in [0.2, 0.25) is 0 Å². The molecule has 1 heterocycles. The van der Waals surface area contributed by atoms with Gasteiger partial charge in [0.15, 0.2) is 0 Å². The number of carbonyl (C=O) groups excluding carboxylic acids is 2. The highest BCUT2D eigenvalue weighted by atomic mass is 32.1. The van der Waals surface area contributed by atoms with Gasteiger partial charge in [-0.25, -0.2) is 4.98 Å². The van der Waals surface area contributed by atoms with Crippen LogP contribution in [0.5, 0.6) is 0 Å². The van der Waals surface area contributed by atoms with Gasteiger partial charge in [-0.1, -0.05) is 6.07 Å². The van der Waals surface area contributed by atoms with Gasteiger partial charge in [-0.15, -0.1) is 11.3 Å². The van der Waals surface area contributed by atoms with Crippen LogP contribution in [0.3, 0.4) is 0 Å². The van der Waals surface area contributed by atoms with Gasteiger partial charge in [0.1, 0.15) is 10.7 Å². The summed E-state index contributed by atoms with van der Waals surface area (Å²) in [6.45, 7) is 3.69. The molecule has 2 amide bonds. The molecule has 2 aromatic rings. The van der Waals surface area contributed by atoms with Crippen LogP contribution in [-0.4, -0.2) is 67.1 Å². The van der Waals surface area contributed by atoms with E-state index in [4.69, 9.17) is 9.47 Å². The number of thiazole rings is 1. The number of hydrogen-bond acceptors (Lipinski definition) is 8. The van der Waals surface area contributed by atoms with Crippen LogP contribution in [0.25, 0.3) is 0 Å². The lowest BCUT2D eigenvalue weighted by Crippen LogP contribution is -2.32. The van der Waals surface area contributed by atoms with Gasteiger partial charge in [-0.05, 0) is 25.8 Å². The highest BCUT2D eigenvalue weighted by Crippen LogP contribution is 2.21. The average molecular weight is 465 g/mol. The Hall–Kier alpha value is -2.89. The van der Waals surface area contributed by atoms with E-state index in [0.717, 1.165) is 0 Å². The lowest BCUT2D eigenvalue weighted by molar-refractivity contribution is -0.385. The monoisotopic (exact) mass is 464 g/mol. The van der Waals surface area contributed by atoms with Crippen molar-refractivity contribution in [1.82, 2.24) is 15.2 Å². The van der Waals surface area contributed by atoms with Crippen molar-refractivity contribution in [1.29, 1.82) is 0 Å². The van der Waals surface area contributed by atoms with E-state index in [2.05, 4.69) is 10.3 Å². The molecule has 174 valence electrons. The Morgan fingerprint density at radius 2 is 1.94 bits per heavy atom. The number of benzene rings is 1. The third-order valence-electron chi connectivity index (χ3n) is 4.64. The highest BCUT2D eigenvalue weighted by molar-refractivity contribution is 7.09. The number of nitrogens with one attached hydrogen (secondary N) is 1. The number of hydrogen-bond donors (Lipinski definition) is 1. The summed E-state index contributed by atoms with van der Waals surface area (Å²) in [5.41, 5.74) is 0.901. The van der Waals surface area contributed by atoms with Gasteiger partial charge in [-0.2, -0.15) is 0 Å². The highest BCUT2D eigenvalue weighted by Gasteiger charge is 2.21. The summed E-state index contributed by atoms with van der Waals surface area (Å²) in [6, 6.07) is 4.44. The number of methoxy groups -OCH3 is 2. The number of carbonyl (C=O) groups is 2. The Morgan fingerprint density at radius 1 is 1.22 bits per heavy atom. The minimum atomic E-state index is -0.500. The van der Waals surface area contributed by atoms with Crippen LogP contribution in [0.4, 0.5) is 5.69 Å². The molecule has 0 aliphatic rings. The largest absolute Gasteiger partial charge is 0.385 e. The summed E-state index contributed by atoms with van der Waals surface area (Å²) in [7, 11) is 3.18. The Kier molecular flexibility index (Phi) is 10.2. The second-order valence-corrected chi connectivity index (χ2v) is 8.00. The van der Waals surface area contributed by atoms with E-state index >= 15 is 0 Å². The first-order valence-electron chi connectivity index (χ1n) is 10.1. The molecule has 1 aromatic heterocycles. The molecule has 32 heavy (non-hydrogen) atoms. The molecule has 0 bridgehead atoms. The topological polar surface area (TPSA) is 124 Å². The van der Waals surface area contributed by atoms with Crippen molar-refractivity contribution in [2.24, 2.45) is 0 Å². The summed E-state index contributed by atoms with van der Waals surface area (Å²) in [5.74, 6) is -0.625. The maximum atomic E-state index is 13.1. The summed E-state index contributed by atoms with van der Waals surface area (Å²) in [6.07, 6.45) is 1.29. The van der Waals surface area contributed by atoms with Crippen molar-refractivity contribution in [2.75, 3.05) is 40.5 Å². The molecule has 0 aliphatic heterocycles. The molecule has 0 radical (unpaired) electrons. The molecule has 0 unspecified atom stereocenters. The second kappa shape index (κ2) is 12.8. The third kappa shape index (κ3) is 7.36. The quantitative estimate of drug-likeness (QED) is 0.275. The van der Waals surface area contributed by atoms with E-state index in [1.165, 1.54) is 17.4 Å². The number of aromatic nitrogens is 1. The van der Waals surface area contributed by atoms with Crippen LogP contribution in [-0.2, 0) is 16.0 Å². The number of nitro benzene ring substituents is 1. The van der Waals surface area contributed by atoms with Crippen molar-refractivity contribution >= 4 is 28.8 Å². The summed E-state index contributed by atoms with van der Waals surface area (Å²) >= 11 is 1.28. The van der Waals surface area contributed by atoms with E-state index < -0.39 is 4.92 Å². The van der Waals surface area contributed by atoms with Gasteiger partial charge in [0.2, 0.25) is 0 Å². The smallest absolute Gasteiger partial charge is 0.273 e. The first-order valence-corrected chi connectivity index (χ1v) is 11.0. The SMILES string of the molecule is COCCCNC(=O)c1csc(CN(CCCOC)C(=O)c2ccc(C)c([N+](=O)[O-])c2)n1. The molecular formula is C21H28N4O6S. The van der Waals surface area contributed by atoms with Crippen LogP contribution in [0.15, 0.2) is 23.6 Å².